The topological polar surface area (TPSA) is 88.0 Å². The number of nitrogens with one attached hydrogen (secondary N) is 2. The molecule has 2 aliphatic rings. The van der Waals surface area contributed by atoms with Crippen LogP contribution in [0.1, 0.15) is 29.8 Å². The van der Waals surface area contributed by atoms with Crippen molar-refractivity contribution in [3.63, 3.8) is 0 Å². The van der Waals surface area contributed by atoms with Gasteiger partial charge in [-0.1, -0.05) is 0 Å². The van der Waals surface area contributed by atoms with Crippen molar-refractivity contribution in [3.8, 4) is 0 Å². The number of rotatable bonds is 6. The number of carbonyl (C=O) groups excluding carboxylic acids is 1. The SMILES string of the molecule is Cn1cc2cc(NC(=O)c3cnc(N4CC[C@H](CNC5CC5)C4)cn3)cc(F)c2n1. The predicted octanol–water partition coefficient (Wildman–Crippen LogP) is 2.33. The van der Waals surface area contributed by atoms with Gasteiger partial charge in [0.15, 0.2) is 5.82 Å². The maximum absolute atomic E-state index is 14.2. The molecule has 5 rings (SSSR count). The zero-order chi connectivity index (χ0) is 20.7. The third kappa shape index (κ3) is 3.97. The fraction of sp³-hybridized carbons (Fsp3) is 0.429. The Labute approximate surface area is 173 Å². The van der Waals surface area contributed by atoms with Gasteiger partial charge in [-0.2, -0.15) is 5.10 Å². The third-order valence-electron chi connectivity index (χ3n) is 5.69. The van der Waals surface area contributed by atoms with E-state index in [0.717, 1.165) is 37.9 Å². The first-order valence-electron chi connectivity index (χ1n) is 10.3. The van der Waals surface area contributed by atoms with Gasteiger partial charge in [-0.25, -0.2) is 14.4 Å². The van der Waals surface area contributed by atoms with Gasteiger partial charge >= 0.3 is 0 Å². The number of amides is 1. The molecule has 2 aromatic heterocycles. The summed E-state index contributed by atoms with van der Waals surface area (Å²) in [6, 6.07) is 3.67. The number of hydrogen-bond acceptors (Lipinski definition) is 6. The Bertz CT molecular complexity index is 1080. The molecule has 0 radical (unpaired) electrons. The van der Waals surface area contributed by atoms with Crippen molar-refractivity contribution in [2.75, 3.05) is 29.9 Å². The van der Waals surface area contributed by atoms with Crippen molar-refractivity contribution < 1.29 is 9.18 Å². The van der Waals surface area contributed by atoms with Crippen LogP contribution >= 0.6 is 0 Å². The van der Waals surface area contributed by atoms with Crippen molar-refractivity contribution in [1.29, 1.82) is 0 Å². The van der Waals surface area contributed by atoms with Crippen LogP contribution in [0.3, 0.4) is 0 Å². The molecule has 0 unspecified atom stereocenters. The number of nitrogens with zero attached hydrogens (tertiary/aromatic N) is 5. The van der Waals surface area contributed by atoms with Crippen LogP contribution in [0.5, 0.6) is 0 Å². The van der Waals surface area contributed by atoms with Gasteiger partial charge in [-0.05, 0) is 43.9 Å². The number of hydrogen-bond donors (Lipinski definition) is 2. The van der Waals surface area contributed by atoms with E-state index >= 15 is 0 Å². The molecule has 9 heteroatoms. The van der Waals surface area contributed by atoms with Gasteiger partial charge in [0.1, 0.15) is 17.0 Å². The number of halogens is 1. The fourth-order valence-corrected chi connectivity index (χ4v) is 3.91. The van der Waals surface area contributed by atoms with E-state index in [4.69, 9.17) is 0 Å². The van der Waals surface area contributed by atoms with Crippen molar-refractivity contribution >= 4 is 28.3 Å². The van der Waals surface area contributed by atoms with Crippen LogP contribution < -0.4 is 15.5 Å². The monoisotopic (exact) mass is 409 g/mol. The second-order valence-electron chi connectivity index (χ2n) is 8.20. The molecule has 1 saturated heterocycles. The van der Waals surface area contributed by atoms with Gasteiger partial charge in [-0.3, -0.25) is 9.48 Å². The highest BCUT2D eigenvalue weighted by Crippen LogP contribution is 2.24. The van der Waals surface area contributed by atoms with Crippen LogP contribution in [-0.2, 0) is 7.05 Å². The number of benzene rings is 1. The van der Waals surface area contributed by atoms with E-state index in [1.165, 1.54) is 29.8 Å². The number of carbonyl (C=O) groups is 1. The summed E-state index contributed by atoms with van der Waals surface area (Å²) in [4.78, 5) is 23.4. The second-order valence-corrected chi connectivity index (χ2v) is 8.20. The van der Waals surface area contributed by atoms with Crippen LogP contribution in [-0.4, -0.2) is 51.3 Å². The zero-order valence-electron chi connectivity index (χ0n) is 16.8. The Morgan fingerprint density at radius 1 is 1.23 bits per heavy atom. The normalized spacial score (nSPS) is 18.9. The van der Waals surface area contributed by atoms with Gasteiger partial charge in [0.05, 0.1) is 12.4 Å². The lowest BCUT2D eigenvalue weighted by Crippen LogP contribution is -2.28. The Morgan fingerprint density at radius 2 is 2.10 bits per heavy atom. The zero-order valence-corrected chi connectivity index (χ0v) is 16.8. The molecule has 1 amide bonds. The van der Waals surface area contributed by atoms with Gasteiger partial charge in [0, 0.05) is 43.4 Å². The van der Waals surface area contributed by atoms with Gasteiger partial charge in [0.2, 0.25) is 0 Å². The molecule has 1 aliphatic heterocycles. The van der Waals surface area contributed by atoms with Crippen molar-refractivity contribution in [1.82, 2.24) is 25.1 Å². The van der Waals surface area contributed by atoms with Crippen LogP contribution in [0.2, 0.25) is 0 Å². The smallest absolute Gasteiger partial charge is 0.275 e. The molecule has 0 spiro atoms. The number of anilines is 2. The van der Waals surface area contributed by atoms with E-state index in [-0.39, 0.29) is 11.2 Å². The highest BCUT2D eigenvalue weighted by molar-refractivity contribution is 6.03. The Kier molecular flexibility index (Phi) is 4.82. The molecular formula is C21H24FN7O. The molecule has 1 aromatic carbocycles. The first-order valence-corrected chi connectivity index (χ1v) is 10.3. The minimum absolute atomic E-state index is 0.191. The highest BCUT2D eigenvalue weighted by Gasteiger charge is 2.27. The largest absolute Gasteiger partial charge is 0.355 e. The molecular weight excluding hydrogens is 385 g/mol. The molecule has 1 saturated carbocycles. The quantitative estimate of drug-likeness (QED) is 0.650. The summed E-state index contributed by atoms with van der Waals surface area (Å²) in [5.41, 5.74) is 0.821. The van der Waals surface area contributed by atoms with Crippen LogP contribution in [0, 0.1) is 11.7 Å². The maximum atomic E-state index is 14.2. The predicted molar refractivity (Wildman–Crippen MR) is 112 cm³/mol. The first-order chi connectivity index (χ1) is 14.5. The molecule has 156 valence electrons. The van der Waals surface area contributed by atoms with E-state index in [1.54, 1.807) is 25.5 Å². The molecule has 0 bridgehead atoms. The van der Waals surface area contributed by atoms with E-state index in [1.807, 2.05) is 0 Å². The average Bonchev–Trinajstić information content (AvgIpc) is 3.30. The molecule has 3 heterocycles. The summed E-state index contributed by atoms with van der Waals surface area (Å²) in [6.45, 7) is 2.94. The lowest BCUT2D eigenvalue weighted by molar-refractivity contribution is 0.102. The lowest BCUT2D eigenvalue weighted by atomic mass is 10.1. The van der Waals surface area contributed by atoms with Crippen molar-refractivity contribution in [2.24, 2.45) is 13.0 Å². The summed E-state index contributed by atoms with van der Waals surface area (Å²) < 4.78 is 15.7. The third-order valence-corrected chi connectivity index (χ3v) is 5.69. The summed E-state index contributed by atoms with van der Waals surface area (Å²) in [5, 5.41) is 11.0. The number of fused-ring (bicyclic) bond motifs is 1. The summed E-state index contributed by atoms with van der Waals surface area (Å²) in [7, 11) is 1.72. The lowest BCUT2D eigenvalue weighted by Gasteiger charge is -2.17. The summed E-state index contributed by atoms with van der Waals surface area (Å²) in [5.74, 6) is 0.491. The second kappa shape index (κ2) is 7.64. The fourth-order valence-electron chi connectivity index (χ4n) is 3.91. The van der Waals surface area contributed by atoms with E-state index in [2.05, 4.69) is 30.6 Å². The standard InChI is InChI=1S/C21H24FN7O/c1-28-12-14-6-16(7-17(22)20(14)27-28)26-21(30)18-9-25-19(10-24-18)29-5-4-13(11-29)8-23-15-2-3-15/h6-7,9-10,12-13,15,23H,2-5,8,11H2,1H3,(H,26,30)/t13-/m1/s1. The molecule has 30 heavy (non-hydrogen) atoms. The van der Waals surface area contributed by atoms with Crippen LogP contribution in [0.15, 0.2) is 30.7 Å². The first kappa shape index (κ1) is 18.9. The minimum atomic E-state index is -0.482. The number of aryl methyl sites for hydroxylation is 1. The summed E-state index contributed by atoms with van der Waals surface area (Å²) in [6.07, 6.45) is 8.54. The molecule has 1 atom stereocenters. The van der Waals surface area contributed by atoms with Crippen molar-refractivity contribution in [2.45, 2.75) is 25.3 Å². The minimum Gasteiger partial charge on any atom is -0.355 e. The van der Waals surface area contributed by atoms with Gasteiger partial charge in [-0.15, -0.1) is 0 Å². The highest BCUT2D eigenvalue weighted by atomic mass is 19.1. The van der Waals surface area contributed by atoms with Crippen LogP contribution in [0.25, 0.3) is 10.9 Å². The average molecular weight is 409 g/mol. The Hall–Kier alpha value is -3.07. The van der Waals surface area contributed by atoms with Gasteiger partial charge < -0.3 is 15.5 Å². The molecule has 2 fully saturated rings. The van der Waals surface area contributed by atoms with E-state index in [0.29, 0.717) is 17.0 Å². The molecule has 3 aromatic rings. The number of aromatic nitrogens is 4. The Morgan fingerprint density at radius 3 is 2.87 bits per heavy atom. The summed E-state index contributed by atoms with van der Waals surface area (Å²) >= 11 is 0. The van der Waals surface area contributed by atoms with Gasteiger partial charge in [0.25, 0.3) is 5.91 Å². The van der Waals surface area contributed by atoms with Crippen molar-refractivity contribution in [3.05, 3.63) is 42.2 Å². The maximum Gasteiger partial charge on any atom is 0.275 e. The van der Waals surface area contributed by atoms with E-state index in [9.17, 15) is 9.18 Å². The van der Waals surface area contributed by atoms with E-state index < -0.39 is 11.7 Å². The van der Waals surface area contributed by atoms with Crippen LogP contribution in [0.4, 0.5) is 15.9 Å². The molecule has 2 N–H and O–H groups in total. The Balaban J connectivity index is 1.22. The molecule has 1 aliphatic carbocycles. The molecule has 8 nitrogen and oxygen atoms in total.